The van der Waals surface area contributed by atoms with E-state index in [1.165, 1.54) is 0 Å². The molecular weight excluding hydrogens is 739 g/mol. The van der Waals surface area contributed by atoms with Gasteiger partial charge in [-0.25, -0.2) is 0 Å². The van der Waals surface area contributed by atoms with Gasteiger partial charge in [0, 0.05) is 0 Å². The fourth-order valence-electron chi connectivity index (χ4n) is 0. The van der Waals surface area contributed by atoms with Gasteiger partial charge in [-0.05, 0) is 0 Å². The number of rotatable bonds is 0. The van der Waals surface area contributed by atoms with Crippen molar-refractivity contribution < 1.29 is 0 Å². The summed E-state index contributed by atoms with van der Waals surface area (Å²) in [6, 6.07) is 0. The first kappa shape index (κ1) is 12.6. The molecule has 0 aliphatic rings. The molecule has 0 bridgehead atoms. The van der Waals surface area contributed by atoms with Crippen molar-refractivity contribution in [2.45, 2.75) is 0 Å². The Hall–Kier alpha value is 3.88. The van der Waals surface area contributed by atoms with E-state index >= 15 is 0 Å². The zero-order valence-electron chi connectivity index (χ0n) is 2.51. The molecule has 0 aromatic heterocycles. The summed E-state index contributed by atoms with van der Waals surface area (Å²) in [6.45, 7) is 0. The Morgan fingerprint density at radius 3 is 1.17 bits per heavy atom. The molecule has 0 heterocycles. The van der Waals surface area contributed by atoms with E-state index in [9.17, 15) is 0 Å². The second-order valence-corrected chi connectivity index (χ2v) is 33.8. The first-order valence-electron chi connectivity index (χ1n) is 0.756. The van der Waals surface area contributed by atoms with Gasteiger partial charge in [0.1, 0.15) is 0 Å². The Kier molecular flexibility index (Phi) is 33.4. The molecule has 6 heteroatoms. The molecule has 0 aromatic carbocycles. The SMILES string of the molecule is [Cl][Pb][Cl].[I][Pb][I]. The van der Waals surface area contributed by atoms with Crippen LogP contribution in [-0.4, -0.2) is 37.4 Å². The summed E-state index contributed by atoms with van der Waals surface area (Å²) in [7, 11) is 9.92. The summed E-state index contributed by atoms with van der Waals surface area (Å²) >= 11 is 3.99. The molecule has 0 N–H and O–H groups in total. The zero-order valence-corrected chi connectivity index (χ0v) is 16.1. The zero-order chi connectivity index (χ0) is 5.41. The molecule has 0 saturated heterocycles. The molecule has 0 aromatic rings. The van der Waals surface area contributed by atoms with Crippen molar-refractivity contribution in [2.24, 2.45) is 0 Å². The molecule has 0 amide bonds. The Bertz CT molecular complexity index is 11.5. The maximum absolute atomic E-state index is 4.96. The molecule has 0 aliphatic heterocycles. The first-order chi connectivity index (χ1) is 2.83. The van der Waals surface area contributed by atoms with Crippen LogP contribution < -0.4 is 0 Å². The maximum atomic E-state index is 4.96. The van der Waals surface area contributed by atoms with Crippen LogP contribution in [0.1, 0.15) is 0 Å². The third kappa shape index (κ3) is 24.8. The van der Waals surface area contributed by atoms with Crippen LogP contribution in [0.3, 0.4) is 0 Å². The monoisotopic (exact) mass is 740 g/mol. The van der Waals surface area contributed by atoms with Gasteiger partial charge < -0.3 is 0 Å². The molecule has 0 spiro atoms. The Morgan fingerprint density at radius 2 is 1.17 bits per heavy atom. The third-order valence-electron chi connectivity index (χ3n) is 0. The molecule has 6 heavy (non-hydrogen) atoms. The summed E-state index contributed by atoms with van der Waals surface area (Å²) in [5.74, 6) is 0. The molecule has 36 valence electrons. The normalized spacial score (nSPS) is 6.00. The molecule has 0 unspecified atom stereocenters. The molecule has 0 fully saturated rings. The van der Waals surface area contributed by atoms with Crippen molar-refractivity contribution in [3.8, 4) is 0 Å². The quantitative estimate of drug-likeness (QED) is 0.265. The van der Waals surface area contributed by atoms with Gasteiger partial charge in [-0.15, -0.1) is 0 Å². The van der Waals surface area contributed by atoms with E-state index in [1.807, 2.05) is 0 Å². The van der Waals surface area contributed by atoms with Crippen LogP contribution in [0.4, 0.5) is 0 Å². The van der Waals surface area contributed by atoms with Crippen LogP contribution in [0.25, 0.3) is 0 Å². The summed E-state index contributed by atoms with van der Waals surface area (Å²) in [5.41, 5.74) is 0. The fourth-order valence-corrected chi connectivity index (χ4v) is 0. The van der Waals surface area contributed by atoms with Gasteiger partial charge in [0.05, 0.1) is 0 Å². The summed E-state index contributed by atoms with van der Waals surface area (Å²) in [5, 5.41) is 0. The minimum atomic E-state index is -0.972. The van der Waals surface area contributed by atoms with Gasteiger partial charge in [0.15, 0.2) is 0 Å². The van der Waals surface area contributed by atoms with E-state index in [1.54, 1.807) is 0 Å². The van der Waals surface area contributed by atoms with E-state index in [0.29, 0.717) is 0 Å². The van der Waals surface area contributed by atoms with Crippen molar-refractivity contribution in [1.82, 2.24) is 0 Å². The van der Waals surface area contributed by atoms with E-state index in [0.717, 1.165) is 0 Å². The summed E-state index contributed by atoms with van der Waals surface area (Å²) in [4.78, 5) is 0. The van der Waals surface area contributed by atoms with Crippen molar-refractivity contribution >= 4 is 89.6 Å². The number of hydrogen-bond acceptors (Lipinski definition) is 0. The average molecular weight is 739 g/mol. The number of hydrogen-bond donors (Lipinski definition) is 0. The van der Waals surface area contributed by atoms with Gasteiger partial charge in [-0.3, -0.25) is 0 Å². The van der Waals surface area contributed by atoms with Gasteiger partial charge in [-0.1, -0.05) is 0 Å². The van der Waals surface area contributed by atoms with E-state index < -0.39 is 21.8 Å². The van der Waals surface area contributed by atoms with Crippen LogP contribution in [0, 0.1) is 0 Å². The van der Waals surface area contributed by atoms with Gasteiger partial charge in [-0.2, -0.15) is 0 Å². The second-order valence-electron chi connectivity index (χ2n) is 0.143. The van der Waals surface area contributed by atoms with Crippen molar-refractivity contribution in [3.05, 3.63) is 0 Å². The third-order valence-corrected chi connectivity index (χ3v) is 0. The first-order valence-corrected chi connectivity index (χ1v) is 32.2. The van der Waals surface area contributed by atoms with Crippen molar-refractivity contribution in [1.29, 1.82) is 0 Å². The predicted molar refractivity (Wildman–Crippen MR) is 51.3 cm³/mol. The Morgan fingerprint density at radius 1 is 1.17 bits per heavy atom. The molecule has 0 rings (SSSR count). The Labute approximate surface area is 86.8 Å². The second kappa shape index (κ2) is 15.9. The molecule has 0 atom stereocenters. The van der Waals surface area contributed by atoms with E-state index in [-0.39, 0.29) is 15.6 Å². The van der Waals surface area contributed by atoms with Crippen molar-refractivity contribution in [2.75, 3.05) is 0 Å². The average Bonchev–Trinajstić information content (AvgIpc) is 1.39. The summed E-state index contributed by atoms with van der Waals surface area (Å²) < 4.78 is 0. The standard InChI is InChI=1S/2ClH.2HI.2Pb/h4*1H;;/q;;;;2*+2/p-4. The molecule has 0 saturated carbocycles. The minimum absolute atomic E-state index is 0.0233. The molecule has 4 radical (unpaired) electrons. The predicted octanol–water partition coefficient (Wildman–Crippen LogP) is 2.39. The fraction of sp³-hybridized carbons (Fsp3) is 0. The topological polar surface area (TPSA) is 0 Å². The van der Waals surface area contributed by atoms with E-state index in [4.69, 9.17) is 16.6 Å². The summed E-state index contributed by atoms with van der Waals surface area (Å²) in [6.07, 6.45) is 0. The van der Waals surface area contributed by atoms with Gasteiger partial charge in [0.25, 0.3) is 0 Å². The molecule has 0 nitrogen and oxygen atoms in total. The molecular formula is Cl2I2Pb2. The molecule has 0 aliphatic carbocycles. The van der Waals surface area contributed by atoms with Crippen LogP contribution in [-0.2, 0) is 0 Å². The number of halogens is 4. The van der Waals surface area contributed by atoms with Crippen LogP contribution >= 0.6 is 52.2 Å². The van der Waals surface area contributed by atoms with E-state index in [2.05, 4.69) is 35.5 Å². The van der Waals surface area contributed by atoms with Crippen LogP contribution in [0.2, 0.25) is 0 Å². The van der Waals surface area contributed by atoms with Gasteiger partial charge >= 0.3 is 89.6 Å². The van der Waals surface area contributed by atoms with Crippen LogP contribution in [0.15, 0.2) is 0 Å². The van der Waals surface area contributed by atoms with Crippen molar-refractivity contribution in [3.63, 3.8) is 0 Å². The van der Waals surface area contributed by atoms with Crippen LogP contribution in [0.5, 0.6) is 0 Å². The Balaban J connectivity index is 0. The van der Waals surface area contributed by atoms with Gasteiger partial charge in [0.2, 0.25) is 0 Å².